The number of aromatic nitrogens is 3. The molecule has 1 fully saturated rings. The van der Waals surface area contributed by atoms with Gasteiger partial charge in [0.05, 0.1) is 16.8 Å². The molecule has 0 bridgehead atoms. The van der Waals surface area contributed by atoms with Crippen molar-refractivity contribution < 1.29 is 13.2 Å². The molecular formula is C18H24N4O3S2. The van der Waals surface area contributed by atoms with Crippen molar-refractivity contribution in [2.45, 2.75) is 50.2 Å². The van der Waals surface area contributed by atoms with Gasteiger partial charge in [-0.2, -0.15) is 0 Å². The van der Waals surface area contributed by atoms with Gasteiger partial charge in [-0.05, 0) is 32.8 Å². The molecule has 0 aliphatic carbocycles. The molecule has 0 spiro atoms. The second-order valence-electron chi connectivity index (χ2n) is 6.73. The number of hydrogen-bond donors (Lipinski definition) is 1. The van der Waals surface area contributed by atoms with Crippen LogP contribution < -0.4 is 5.32 Å². The Labute approximate surface area is 163 Å². The maximum absolute atomic E-state index is 12.5. The highest BCUT2D eigenvalue weighted by Gasteiger charge is 2.30. The van der Waals surface area contributed by atoms with Crippen molar-refractivity contribution in [2.24, 2.45) is 0 Å². The summed E-state index contributed by atoms with van der Waals surface area (Å²) in [7, 11) is -3.02. The SMILES string of the molecule is CCn1c(S[C@@H](C)C(=O)N[C@@H]2CCS(=O)(=O)C2)nnc1-c1ccccc1C. The smallest absolute Gasteiger partial charge is 0.233 e. The molecule has 0 radical (unpaired) electrons. The Kier molecular flexibility index (Phi) is 5.90. The fourth-order valence-corrected chi connectivity index (χ4v) is 5.72. The highest BCUT2D eigenvalue weighted by atomic mass is 32.2. The van der Waals surface area contributed by atoms with E-state index >= 15 is 0 Å². The lowest BCUT2D eigenvalue weighted by Gasteiger charge is -2.16. The molecule has 7 nitrogen and oxygen atoms in total. The largest absolute Gasteiger partial charge is 0.351 e. The third-order valence-electron chi connectivity index (χ3n) is 4.65. The molecule has 1 saturated heterocycles. The zero-order valence-electron chi connectivity index (χ0n) is 15.7. The van der Waals surface area contributed by atoms with Gasteiger partial charge in [-0.1, -0.05) is 36.0 Å². The summed E-state index contributed by atoms with van der Waals surface area (Å²) >= 11 is 1.34. The summed E-state index contributed by atoms with van der Waals surface area (Å²) < 4.78 is 25.1. The molecule has 1 amide bonds. The molecule has 1 aliphatic heterocycles. The summed E-state index contributed by atoms with van der Waals surface area (Å²) in [6.45, 7) is 6.53. The molecule has 1 aromatic heterocycles. The molecule has 3 rings (SSSR count). The van der Waals surface area contributed by atoms with Gasteiger partial charge in [-0.3, -0.25) is 4.79 Å². The Morgan fingerprint density at radius 2 is 2.11 bits per heavy atom. The zero-order valence-corrected chi connectivity index (χ0v) is 17.3. The first kappa shape index (κ1) is 19.9. The molecular weight excluding hydrogens is 384 g/mol. The van der Waals surface area contributed by atoms with Crippen molar-refractivity contribution in [3.05, 3.63) is 29.8 Å². The lowest BCUT2D eigenvalue weighted by Crippen LogP contribution is -2.40. The van der Waals surface area contributed by atoms with Crippen LogP contribution in [0.5, 0.6) is 0 Å². The van der Waals surface area contributed by atoms with Crippen molar-refractivity contribution >= 4 is 27.5 Å². The van der Waals surface area contributed by atoms with Gasteiger partial charge in [0.15, 0.2) is 20.8 Å². The van der Waals surface area contributed by atoms with Crippen LogP contribution in [-0.4, -0.2) is 51.9 Å². The minimum Gasteiger partial charge on any atom is -0.351 e. The average Bonchev–Trinajstić information content (AvgIpc) is 3.17. The summed E-state index contributed by atoms with van der Waals surface area (Å²) in [4.78, 5) is 12.5. The number of sulfone groups is 1. The number of carbonyl (C=O) groups is 1. The van der Waals surface area contributed by atoms with Gasteiger partial charge in [0.25, 0.3) is 0 Å². The number of thioether (sulfide) groups is 1. The Balaban J connectivity index is 1.72. The Hall–Kier alpha value is -1.87. The Morgan fingerprint density at radius 3 is 2.74 bits per heavy atom. The summed E-state index contributed by atoms with van der Waals surface area (Å²) in [5.41, 5.74) is 2.14. The summed E-state index contributed by atoms with van der Waals surface area (Å²) in [5.74, 6) is 0.778. The molecule has 27 heavy (non-hydrogen) atoms. The van der Waals surface area contributed by atoms with Gasteiger partial charge in [-0.25, -0.2) is 8.42 Å². The van der Waals surface area contributed by atoms with Gasteiger partial charge in [-0.15, -0.1) is 10.2 Å². The van der Waals surface area contributed by atoms with E-state index in [1.165, 1.54) is 11.8 Å². The second-order valence-corrected chi connectivity index (χ2v) is 10.3. The van der Waals surface area contributed by atoms with Gasteiger partial charge < -0.3 is 9.88 Å². The van der Waals surface area contributed by atoms with Crippen LogP contribution in [0.4, 0.5) is 0 Å². The van der Waals surface area contributed by atoms with E-state index in [4.69, 9.17) is 0 Å². The number of nitrogens with one attached hydrogen (secondary N) is 1. The number of benzene rings is 1. The van der Waals surface area contributed by atoms with Crippen LogP contribution in [0.15, 0.2) is 29.4 Å². The van der Waals surface area contributed by atoms with Crippen LogP contribution in [0.3, 0.4) is 0 Å². The third-order valence-corrected chi connectivity index (χ3v) is 7.50. The van der Waals surface area contributed by atoms with Gasteiger partial charge in [0.2, 0.25) is 5.91 Å². The number of rotatable bonds is 6. The van der Waals surface area contributed by atoms with Crippen LogP contribution in [-0.2, 0) is 21.2 Å². The van der Waals surface area contributed by atoms with Crippen LogP contribution in [0.25, 0.3) is 11.4 Å². The van der Waals surface area contributed by atoms with Crippen molar-refractivity contribution in [1.29, 1.82) is 0 Å². The predicted molar refractivity (Wildman–Crippen MR) is 106 cm³/mol. The second kappa shape index (κ2) is 8.02. The normalized spacial score (nSPS) is 19.7. The minimum atomic E-state index is -3.02. The highest BCUT2D eigenvalue weighted by molar-refractivity contribution is 8.00. The lowest BCUT2D eigenvalue weighted by atomic mass is 10.1. The number of amides is 1. The zero-order chi connectivity index (χ0) is 19.6. The van der Waals surface area contributed by atoms with E-state index in [1.807, 2.05) is 42.7 Å². The maximum Gasteiger partial charge on any atom is 0.233 e. The molecule has 1 N–H and O–H groups in total. The van der Waals surface area contributed by atoms with E-state index in [0.29, 0.717) is 18.1 Å². The van der Waals surface area contributed by atoms with Crippen LogP contribution in [0.1, 0.15) is 25.8 Å². The quantitative estimate of drug-likeness (QED) is 0.736. The van der Waals surface area contributed by atoms with Crippen LogP contribution in [0, 0.1) is 6.92 Å². The third kappa shape index (κ3) is 4.52. The molecule has 0 unspecified atom stereocenters. The number of hydrogen-bond acceptors (Lipinski definition) is 6. The molecule has 2 heterocycles. The summed E-state index contributed by atoms with van der Waals surface area (Å²) in [6.07, 6.45) is 0.480. The Morgan fingerprint density at radius 1 is 1.37 bits per heavy atom. The van der Waals surface area contributed by atoms with Crippen molar-refractivity contribution in [3.63, 3.8) is 0 Å². The van der Waals surface area contributed by atoms with Crippen molar-refractivity contribution in [1.82, 2.24) is 20.1 Å². The number of carbonyl (C=O) groups excluding carboxylic acids is 1. The molecule has 2 aromatic rings. The fraction of sp³-hybridized carbons (Fsp3) is 0.500. The van der Waals surface area contributed by atoms with Crippen molar-refractivity contribution in [2.75, 3.05) is 11.5 Å². The van der Waals surface area contributed by atoms with Gasteiger partial charge in [0, 0.05) is 18.2 Å². The fourth-order valence-electron chi connectivity index (χ4n) is 3.12. The maximum atomic E-state index is 12.5. The van der Waals surface area contributed by atoms with E-state index in [2.05, 4.69) is 15.5 Å². The first-order chi connectivity index (χ1) is 12.8. The van der Waals surface area contributed by atoms with Crippen LogP contribution >= 0.6 is 11.8 Å². The standard InChI is InChI=1S/C18H24N4O3S2/c1-4-22-16(15-8-6-5-7-12(15)2)20-21-18(22)26-13(3)17(23)19-14-9-10-27(24,25)11-14/h5-8,13-14H,4,9-11H2,1-3H3,(H,19,23)/t13-,14+/m0/s1. The first-order valence-corrected chi connectivity index (χ1v) is 11.7. The van der Waals surface area contributed by atoms with Gasteiger partial charge in [0.1, 0.15) is 0 Å². The molecule has 1 aromatic carbocycles. The summed E-state index contributed by atoms with van der Waals surface area (Å²) in [5, 5.41) is 11.7. The molecule has 1 aliphatic rings. The van der Waals surface area contributed by atoms with Crippen LogP contribution in [0.2, 0.25) is 0 Å². The topological polar surface area (TPSA) is 94.0 Å². The van der Waals surface area contributed by atoms with Crippen molar-refractivity contribution in [3.8, 4) is 11.4 Å². The van der Waals surface area contributed by atoms with E-state index in [1.54, 1.807) is 6.92 Å². The molecule has 2 atom stereocenters. The Bertz CT molecular complexity index is 940. The van der Waals surface area contributed by atoms with E-state index in [9.17, 15) is 13.2 Å². The monoisotopic (exact) mass is 408 g/mol. The first-order valence-electron chi connectivity index (χ1n) is 8.97. The highest BCUT2D eigenvalue weighted by Crippen LogP contribution is 2.28. The van der Waals surface area contributed by atoms with E-state index in [0.717, 1.165) is 17.0 Å². The van der Waals surface area contributed by atoms with E-state index < -0.39 is 15.1 Å². The molecule has 146 valence electrons. The summed E-state index contributed by atoms with van der Waals surface area (Å²) in [6, 6.07) is 7.70. The average molecular weight is 409 g/mol. The predicted octanol–water partition coefficient (Wildman–Crippen LogP) is 2.06. The van der Waals surface area contributed by atoms with Gasteiger partial charge >= 0.3 is 0 Å². The molecule has 9 heteroatoms. The number of aryl methyl sites for hydroxylation is 1. The lowest BCUT2D eigenvalue weighted by molar-refractivity contribution is -0.120. The number of nitrogens with zero attached hydrogens (tertiary/aromatic N) is 3. The molecule has 0 saturated carbocycles. The van der Waals surface area contributed by atoms with E-state index in [-0.39, 0.29) is 23.5 Å². The minimum absolute atomic E-state index is 0.0265.